The fraction of sp³-hybridized carbons (Fsp3) is 0.615. The highest BCUT2D eigenvalue weighted by molar-refractivity contribution is 6.32. The summed E-state index contributed by atoms with van der Waals surface area (Å²) in [5.74, 6) is 0.733. The van der Waals surface area contributed by atoms with E-state index >= 15 is 0 Å². The van der Waals surface area contributed by atoms with Gasteiger partial charge in [0.05, 0.1) is 11.6 Å². The molecule has 1 fully saturated rings. The molecule has 2 heterocycles. The van der Waals surface area contributed by atoms with Crippen molar-refractivity contribution in [2.24, 2.45) is 0 Å². The molecule has 1 saturated heterocycles. The van der Waals surface area contributed by atoms with Crippen molar-refractivity contribution in [3.8, 4) is 0 Å². The first-order valence-electron chi connectivity index (χ1n) is 6.50. The van der Waals surface area contributed by atoms with Gasteiger partial charge in [-0.05, 0) is 31.5 Å². The van der Waals surface area contributed by atoms with Gasteiger partial charge in [0.25, 0.3) is 0 Å². The van der Waals surface area contributed by atoms with E-state index in [4.69, 9.17) is 11.6 Å². The number of likely N-dealkylation sites (tertiary alicyclic amines) is 1. The molecule has 0 aliphatic carbocycles. The molecule has 1 aliphatic heterocycles. The minimum absolute atomic E-state index is 0.254. The van der Waals surface area contributed by atoms with Crippen molar-refractivity contribution in [2.45, 2.75) is 25.3 Å². The molecule has 0 saturated carbocycles. The Bertz CT molecular complexity index is 375. The van der Waals surface area contributed by atoms with Crippen molar-refractivity contribution in [3.63, 3.8) is 0 Å². The summed E-state index contributed by atoms with van der Waals surface area (Å²) in [6, 6.07) is 3.97. The predicted molar refractivity (Wildman–Crippen MR) is 74.0 cm³/mol. The zero-order valence-corrected chi connectivity index (χ0v) is 11.2. The number of aliphatic hydroxyl groups excluding tert-OH is 1. The van der Waals surface area contributed by atoms with Gasteiger partial charge < -0.3 is 10.4 Å². The molecular formula is C13H20ClN3O. The topological polar surface area (TPSA) is 48.4 Å². The first-order chi connectivity index (χ1) is 8.81. The number of aliphatic hydroxyl groups is 1. The molecule has 1 atom stereocenters. The Morgan fingerprint density at radius 1 is 1.50 bits per heavy atom. The quantitative estimate of drug-likeness (QED) is 0.858. The average Bonchev–Trinajstić information content (AvgIpc) is 2.41. The Morgan fingerprint density at radius 3 is 3.17 bits per heavy atom. The Balaban J connectivity index is 1.79. The maximum atomic E-state index is 9.33. The van der Waals surface area contributed by atoms with Crippen molar-refractivity contribution in [1.29, 1.82) is 0 Å². The number of aromatic nitrogens is 1. The number of hydrogen-bond donors (Lipinski definition) is 2. The number of anilines is 1. The maximum absolute atomic E-state index is 9.33. The third-order valence-electron chi connectivity index (χ3n) is 3.41. The molecule has 100 valence electrons. The normalized spacial score (nSPS) is 20.9. The van der Waals surface area contributed by atoms with Crippen LogP contribution in [0.2, 0.25) is 5.02 Å². The number of nitrogens with one attached hydrogen (secondary N) is 1. The van der Waals surface area contributed by atoms with E-state index < -0.39 is 0 Å². The summed E-state index contributed by atoms with van der Waals surface area (Å²) in [6.07, 6.45) is 5.27. The second-order valence-electron chi connectivity index (χ2n) is 4.63. The Hall–Kier alpha value is -0.840. The standard InChI is InChI=1S/C13H20ClN3O/c14-12-5-3-6-15-13(12)16-7-9-17-8-2-1-4-11(17)10-18/h3,5-6,11,18H,1-2,4,7-10H2,(H,15,16). The van der Waals surface area contributed by atoms with E-state index in [0.717, 1.165) is 31.9 Å². The van der Waals surface area contributed by atoms with E-state index in [1.54, 1.807) is 6.20 Å². The van der Waals surface area contributed by atoms with Crippen molar-refractivity contribution in [1.82, 2.24) is 9.88 Å². The smallest absolute Gasteiger partial charge is 0.144 e. The van der Waals surface area contributed by atoms with Gasteiger partial charge in [0.15, 0.2) is 0 Å². The number of rotatable bonds is 5. The average molecular weight is 270 g/mol. The molecule has 0 aromatic carbocycles. The first-order valence-corrected chi connectivity index (χ1v) is 6.88. The van der Waals surface area contributed by atoms with Crippen molar-refractivity contribution < 1.29 is 5.11 Å². The largest absolute Gasteiger partial charge is 0.395 e. The summed E-state index contributed by atoms with van der Waals surface area (Å²) in [7, 11) is 0. The molecule has 0 amide bonds. The van der Waals surface area contributed by atoms with Crippen molar-refractivity contribution in [2.75, 3.05) is 31.6 Å². The molecule has 2 N–H and O–H groups in total. The summed E-state index contributed by atoms with van der Waals surface area (Å²) in [5, 5.41) is 13.2. The van der Waals surface area contributed by atoms with Gasteiger partial charge in [-0.3, -0.25) is 4.90 Å². The molecule has 1 aliphatic rings. The minimum Gasteiger partial charge on any atom is -0.395 e. The Kier molecular flexibility index (Phi) is 5.23. The van der Waals surface area contributed by atoms with Crippen LogP contribution in [0.4, 0.5) is 5.82 Å². The third kappa shape index (κ3) is 3.57. The highest BCUT2D eigenvalue weighted by atomic mass is 35.5. The van der Waals surface area contributed by atoms with E-state index in [0.29, 0.717) is 11.1 Å². The number of halogens is 1. The fourth-order valence-corrected chi connectivity index (χ4v) is 2.58. The molecule has 0 bridgehead atoms. The van der Waals surface area contributed by atoms with Crippen LogP contribution < -0.4 is 5.32 Å². The zero-order chi connectivity index (χ0) is 12.8. The molecule has 2 rings (SSSR count). The Labute approximate surface area is 113 Å². The van der Waals surface area contributed by atoms with Crippen LogP contribution in [0.25, 0.3) is 0 Å². The van der Waals surface area contributed by atoms with Crippen LogP contribution in [0.15, 0.2) is 18.3 Å². The summed E-state index contributed by atoms with van der Waals surface area (Å²) >= 11 is 6.02. The number of piperidine rings is 1. The van der Waals surface area contributed by atoms with E-state index in [9.17, 15) is 5.11 Å². The lowest BCUT2D eigenvalue weighted by Crippen LogP contribution is -2.44. The van der Waals surface area contributed by atoms with Crippen LogP contribution in [-0.2, 0) is 0 Å². The molecule has 1 aromatic rings. The van der Waals surface area contributed by atoms with Crippen molar-refractivity contribution in [3.05, 3.63) is 23.4 Å². The molecule has 0 radical (unpaired) electrons. The zero-order valence-electron chi connectivity index (χ0n) is 10.5. The molecule has 1 aromatic heterocycles. The number of hydrogen-bond acceptors (Lipinski definition) is 4. The van der Waals surface area contributed by atoms with Crippen LogP contribution in [0.3, 0.4) is 0 Å². The first kappa shape index (κ1) is 13.6. The molecule has 0 spiro atoms. The number of pyridine rings is 1. The van der Waals surface area contributed by atoms with Crippen LogP contribution in [-0.4, -0.2) is 47.3 Å². The van der Waals surface area contributed by atoms with Gasteiger partial charge in [-0.2, -0.15) is 0 Å². The Morgan fingerprint density at radius 2 is 2.39 bits per heavy atom. The highest BCUT2D eigenvalue weighted by Crippen LogP contribution is 2.18. The van der Waals surface area contributed by atoms with Crippen LogP contribution in [0.5, 0.6) is 0 Å². The summed E-state index contributed by atoms with van der Waals surface area (Å²) < 4.78 is 0. The van der Waals surface area contributed by atoms with E-state index in [-0.39, 0.29) is 6.61 Å². The summed E-state index contributed by atoms with van der Waals surface area (Å²) in [6.45, 7) is 3.04. The SMILES string of the molecule is OCC1CCCCN1CCNc1ncccc1Cl. The van der Waals surface area contributed by atoms with Gasteiger partial charge >= 0.3 is 0 Å². The fourth-order valence-electron chi connectivity index (χ4n) is 2.39. The van der Waals surface area contributed by atoms with E-state index in [2.05, 4.69) is 15.2 Å². The summed E-state index contributed by atoms with van der Waals surface area (Å²) in [5.41, 5.74) is 0. The molecule has 4 nitrogen and oxygen atoms in total. The maximum Gasteiger partial charge on any atom is 0.144 e. The lowest BCUT2D eigenvalue weighted by Gasteiger charge is -2.34. The molecular weight excluding hydrogens is 250 g/mol. The molecule has 5 heteroatoms. The van der Waals surface area contributed by atoms with Gasteiger partial charge in [-0.15, -0.1) is 0 Å². The van der Waals surface area contributed by atoms with E-state index in [1.807, 2.05) is 12.1 Å². The predicted octanol–water partition coefficient (Wildman–Crippen LogP) is 1.99. The molecule has 1 unspecified atom stereocenters. The van der Waals surface area contributed by atoms with Gasteiger partial charge in [0.2, 0.25) is 0 Å². The number of nitrogens with zero attached hydrogens (tertiary/aromatic N) is 2. The monoisotopic (exact) mass is 269 g/mol. The van der Waals surface area contributed by atoms with Gasteiger partial charge in [-0.25, -0.2) is 4.98 Å². The highest BCUT2D eigenvalue weighted by Gasteiger charge is 2.20. The van der Waals surface area contributed by atoms with Gasteiger partial charge in [0, 0.05) is 25.3 Å². The minimum atomic E-state index is 0.254. The lowest BCUT2D eigenvalue weighted by atomic mass is 10.0. The second kappa shape index (κ2) is 6.92. The van der Waals surface area contributed by atoms with Crippen LogP contribution >= 0.6 is 11.6 Å². The molecule has 18 heavy (non-hydrogen) atoms. The van der Waals surface area contributed by atoms with Crippen LogP contribution in [0, 0.1) is 0 Å². The third-order valence-corrected chi connectivity index (χ3v) is 3.71. The van der Waals surface area contributed by atoms with Crippen LogP contribution in [0.1, 0.15) is 19.3 Å². The van der Waals surface area contributed by atoms with Crippen molar-refractivity contribution >= 4 is 17.4 Å². The van der Waals surface area contributed by atoms with E-state index in [1.165, 1.54) is 12.8 Å². The van der Waals surface area contributed by atoms with Gasteiger partial charge in [-0.1, -0.05) is 18.0 Å². The lowest BCUT2D eigenvalue weighted by molar-refractivity contribution is 0.0940. The van der Waals surface area contributed by atoms with Gasteiger partial charge in [0.1, 0.15) is 5.82 Å². The summed E-state index contributed by atoms with van der Waals surface area (Å²) in [4.78, 5) is 6.53. The second-order valence-corrected chi connectivity index (χ2v) is 5.04.